The minimum absolute atomic E-state index is 0.253. The first kappa shape index (κ1) is 11.8. The number of hydrogen-bond acceptors (Lipinski definition) is 5. The molecule has 0 aliphatic carbocycles. The van der Waals surface area contributed by atoms with Crippen LogP contribution in [-0.4, -0.2) is 9.97 Å². The van der Waals surface area contributed by atoms with Crippen LogP contribution in [0.3, 0.4) is 0 Å². The van der Waals surface area contributed by atoms with Crippen molar-refractivity contribution in [1.82, 2.24) is 9.97 Å². The van der Waals surface area contributed by atoms with E-state index in [0.717, 1.165) is 11.3 Å². The van der Waals surface area contributed by atoms with Crippen molar-refractivity contribution in [2.24, 2.45) is 0 Å². The highest BCUT2D eigenvalue weighted by molar-refractivity contribution is 7.21. The number of hydrogen-bond donors (Lipinski definition) is 1. The second kappa shape index (κ2) is 4.78. The van der Waals surface area contributed by atoms with E-state index >= 15 is 0 Å². The molecule has 19 heavy (non-hydrogen) atoms. The SMILES string of the molecule is Cc1cccc(Nc2nc(=O)c3cccnc3s2)c1. The van der Waals surface area contributed by atoms with Crippen LogP contribution >= 0.6 is 11.3 Å². The number of pyridine rings is 1. The second-order valence-electron chi connectivity index (χ2n) is 4.17. The summed E-state index contributed by atoms with van der Waals surface area (Å²) in [6.45, 7) is 2.02. The fourth-order valence-corrected chi connectivity index (χ4v) is 2.66. The Kier molecular flexibility index (Phi) is 2.97. The van der Waals surface area contributed by atoms with Crippen LogP contribution in [0.1, 0.15) is 5.56 Å². The summed E-state index contributed by atoms with van der Waals surface area (Å²) in [6, 6.07) is 11.4. The molecule has 0 saturated heterocycles. The molecule has 94 valence electrons. The van der Waals surface area contributed by atoms with E-state index in [9.17, 15) is 4.79 Å². The van der Waals surface area contributed by atoms with E-state index in [4.69, 9.17) is 0 Å². The van der Waals surface area contributed by atoms with E-state index in [1.165, 1.54) is 11.3 Å². The highest BCUT2D eigenvalue weighted by atomic mass is 32.1. The quantitative estimate of drug-likeness (QED) is 0.776. The van der Waals surface area contributed by atoms with E-state index in [0.29, 0.717) is 15.3 Å². The van der Waals surface area contributed by atoms with Gasteiger partial charge < -0.3 is 5.32 Å². The molecule has 0 unspecified atom stereocenters. The smallest absolute Gasteiger partial charge is 0.282 e. The number of benzene rings is 1. The highest BCUT2D eigenvalue weighted by Gasteiger charge is 2.05. The number of nitrogens with zero attached hydrogens (tertiary/aromatic N) is 2. The van der Waals surface area contributed by atoms with Gasteiger partial charge in [-0.25, -0.2) is 4.98 Å². The van der Waals surface area contributed by atoms with Crippen molar-refractivity contribution in [3.63, 3.8) is 0 Å². The molecular weight excluding hydrogens is 258 g/mol. The zero-order valence-corrected chi connectivity index (χ0v) is 11.1. The molecule has 3 rings (SSSR count). The molecule has 0 amide bonds. The summed E-state index contributed by atoms with van der Waals surface area (Å²) in [5.74, 6) is 0. The van der Waals surface area contributed by atoms with Crippen LogP contribution < -0.4 is 10.9 Å². The molecule has 1 N–H and O–H groups in total. The molecule has 0 fully saturated rings. The molecule has 0 aliphatic heterocycles. The van der Waals surface area contributed by atoms with E-state index in [1.54, 1.807) is 18.3 Å². The van der Waals surface area contributed by atoms with E-state index in [2.05, 4.69) is 15.3 Å². The van der Waals surface area contributed by atoms with Gasteiger partial charge in [0.05, 0.1) is 5.39 Å². The van der Waals surface area contributed by atoms with Gasteiger partial charge in [-0.15, -0.1) is 0 Å². The van der Waals surface area contributed by atoms with Crippen molar-refractivity contribution in [1.29, 1.82) is 0 Å². The van der Waals surface area contributed by atoms with Gasteiger partial charge in [-0.1, -0.05) is 23.5 Å². The molecule has 5 heteroatoms. The average Bonchev–Trinajstić information content (AvgIpc) is 2.39. The lowest BCUT2D eigenvalue weighted by molar-refractivity contribution is 1.29. The van der Waals surface area contributed by atoms with Crippen molar-refractivity contribution in [2.75, 3.05) is 5.32 Å². The summed E-state index contributed by atoms with van der Waals surface area (Å²) in [4.78, 5) is 20.8. The van der Waals surface area contributed by atoms with E-state index in [-0.39, 0.29) is 5.56 Å². The van der Waals surface area contributed by atoms with Gasteiger partial charge in [0.2, 0.25) is 0 Å². The fraction of sp³-hybridized carbons (Fsp3) is 0.0714. The number of fused-ring (bicyclic) bond motifs is 1. The second-order valence-corrected chi connectivity index (χ2v) is 5.15. The van der Waals surface area contributed by atoms with E-state index < -0.39 is 0 Å². The molecule has 3 aromatic rings. The maximum atomic E-state index is 11.9. The van der Waals surface area contributed by atoms with Crippen LogP contribution in [0.4, 0.5) is 10.8 Å². The van der Waals surface area contributed by atoms with Crippen LogP contribution in [0.2, 0.25) is 0 Å². The summed E-state index contributed by atoms with van der Waals surface area (Å²) in [5, 5.41) is 4.26. The van der Waals surface area contributed by atoms with Crippen LogP contribution in [0, 0.1) is 6.92 Å². The summed E-state index contributed by atoms with van der Waals surface area (Å²) in [5.41, 5.74) is 1.81. The molecule has 0 bridgehead atoms. The largest absolute Gasteiger partial charge is 0.331 e. The molecule has 0 spiro atoms. The van der Waals surface area contributed by atoms with Gasteiger partial charge in [0.15, 0.2) is 5.13 Å². The van der Waals surface area contributed by atoms with Crippen molar-refractivity contribution in [3.05, 3.63) is 58.5 Å². The lowest BCUT2D eigenvalue weighted by Gasteiger charge is -2.05. The molecule has 1 aromatic carbocycles. The maximum Gasteiger partial charge on any atom is 0.282 e. The molecule has 2 aromatic heterocycles. The minimum Gasteiger partial charge on any atom is -0.331 e. The van der Waals surface area contributed by atoms with Crippen LogP contribution in [0.5, 0.6) is 0 Å². The summed E-state index contributed by atoms with van der Waals surface area (Å²) in [6.07, 6.45) is 1.68. The molecule has 2 heterocycles. The number of aromatic nitrogens is 2. The van der Waals surface area contributed by atoms with E-state index in [1.807, 2.05) is 31.2 Å². The number of aryl methyl sites for hydroxylation is 1. The number of rotatable bonds is 2. The van der Waals surface area contributed by atoms with Gasteiger partial charge in [0, 0.05) is 11.9 Å². The first-order chi connectivity index (χ1) is 9.22. The number of anilines is 2. The highest BCUT2D eigenvalue weighted by Crippen LogP contribution is 2.22. The Morgan fingerprint density at radius 1 is 1.21 bits per heavy atom. The van der Waals surface area contributed by atoms with Gasteiger partial charge in [0.25, 0.3) is 5.56 Å². The van der Waals surface area contributed by atoms with Crippen LogP contribution in [-0.2, 0) is 0 Å². The Balaban J connectivity index is 2.04. The first-order valence-electron chi connectivity index (χ1n) is 5.82. The molecule has 0 radical (unpaired) electrons. The topological polar surface area (TPSA) is 54.9 Å². The van der Waals surface area contributed by atoms with Crippen LogP contribution in [0.25, 0.3) is 10.2 Å². The zero-order valence-electron chi connectivity index (χ0n) is 10.3. The first-order valence-corrected chi connectivity index (χ1v) is 6.63. The Morgan fingerprint density at radius 2 is 2.11 bits per heavy atom. The molecule has 4 nitrogen and oxygen atoms in total. The lowest BCUT2D eigenvalue weighted by Crippen LogP contribution is -2.07. The Morgan fingerprint density at radius 3 is 2.95 bits per heavy atom. The normalized spacial score (nSPS) is 10.6. The minimum atomic E-state index is -0.253. The third kappa shape index (κ3) is 2.46. The monoisotopic (exact) mass is 269 g/mol. The Bertz CT molecular complexity index is 798. The molecule has 0 atom stereocenters. The average molecular weight is 269 g/mol. The summed E-state index contributed by atoms with van der Waals surface area (Å²) in [7, 11) is 0. The van der Waals surface area contributed by atoms with Gasteiger partial charge in [-0.3, -0.25) is 4.79 Å². The van der Waals surface area contributed by atoms with Crippen molar-refractivity contribution >= 4 is 32.4 Å². The molecular formula is C14H11N3OS. The van der Waals surface area contributed by atoms with Gasteiger partial charge >= 0.3 is 0 Å². The van der Waals surface area contributed by atoms with Crippen molar-refractivity contribution < 1.29 is 0 Å². The Hall–Kier alpha value is -2.27. The Labute approximate surface area is 113 Å². The van der Waals surface area contributed by atoms with Crippen molar-refractivity contribution in [2.45, 2.75) is 6.92 Å². The van der Waals surface area contributed by atoms with Gasteiger partial charge in [0.1, 0.15) is 4.83 Å². The lowest BCUT2D eigenvalue weighted by atomic mass is 10.2. The zero-order chi connectivity index (χ0) is 13.2. The summed E-state index contributed by atoms with van der Waals surface area (Å²) < 4.78 is 0. The predicted octanol–water partition coefficient (Wildman–Crippen LogP) is 3.10. The third-order valence-corrected chi connectivity index (χ3v) is 3.57. The summed E-state index contributed by atoms with van der Waals surface area (Å²) >= 11 is 1.37. The standard InChI is InChI=1S/C14H11N3OS/c1-9-4-2-5-10(8-9)16-14-17-12(18)11-6-3-7-15-13(11)19-14/h2-8H,1H3,(H,16,17,18). The van der Waals surface area contributed by atoms with Crippen LogP contribution in [0.15, 0.2) is 47.4 Å². The molecule has 0 aliphatic rings. The fourth-order valence-electron chi connectivity index (χ4n) is 1.80. The third-order valence-electron chi connectivity index (χ3n) is 2.67. The number of nitrogens with one attached hydrogen (secondary N) is 1. The molecule has 0 saturated carbocycles. The van der Waals surface area contributed by atoms with Gasteiger partial charge in [-0.05, 0) is 36.8 Å². The van der Waals surface area contributed by atoms with Crippen molar-refractivity contribution in [3.8, 4) is 0 Å². The van der Waals surface area contributed by atoms with Gasteiger partial charge in [-0.2, -0.15) is 4.98 Å². The maximum absolute atomic E-state index is 11.9. The predicted molar refractivity (Wildman–Crippen MR) is 78.1 cm³/mol.